The Labute approximate surface area is 148 Å². The second-order valence-corrected chi connectivity index (χ2v) is 6.48. The molecule has 0 aliphatic carbocycles. The molecule has 0 spiro atoms. The van der Waals surface area contributed by atoms with Gasteiger partial charge in [-0.15, -0.1) is 0 Å². The largest absolute Gasteiger partial charge is 0.416 e. The summed E-state index contributed by atoms with van der Waals surface area (Å²) in [6, 6.07) is 2.20. The van der Waals surface area contributed by atoms with E-state index in [1.54, 1.807) is 6.92 Å². The maximum absolute atomic E-state index is 12.8. The molecule has 0 radical (unpaired) electrons. The van der Waals surface area contributed by atoms with Crippen molar-refractivity contribution in [2.24, 2.45) is 11.7 Å². The SMILES string of the molecule is C[C@H](C(=O)Nc1cc(C(F)(F)F)ccc1Cl)N1CCC(C(N)=O)CC1. The number of hydrogen-bond donors (Lipinski definition) is 2. The highest BCUT2D eigenvalue weighted by Crippen LogP contribution is 2.34. The van der Waals surface area contributed by atoms with Crippen LogP contribution in [0.15, 0.2) is 18.2 Å². The minimum Gasteiger partial charge on any atom is -0.369 e. The molecule has 25 heavy (non-hydrogen) atoms. The zero-order valence-corrected chi connectivity index (χ0v) is 14.3. The van der Waals surface area contributed by atoms with Crippen LogP contribution in [0.3, 0.4) is 0 Å². The Morgan fingerprint density at radius 3 is 2.44 bits per heavy atom. The van der Waals surface area contributed by atoms with Gasteiger partial charge in [0.2, 0.25) is 11.8 Å². The van der Waals surface area contributed by atoms with Crippen molar-refractivity contribution in [1.29, 1.82) is 0 Å². The number of halogens is 4. The van der Waals surface area contributed by atoms with E-state index in [0.29, 0.717) is 25.9 Å². The Balaban J connectivity index is 2.03. The second-order valence-electron chi connectivity index (χ2n) is 6.07. The molecule has 1 aromatic rings. The first-order chi connectivity index (χ1) is 11.6. The quantitative estimate of drug-likeness (QED) is 0.847. The summed E-state index contributed by atoms with van der Waals surface area (Å²) in [5.74, 6) is -1.02. The van der Waals surface area contributed by atoms with E-state index in [1.165, 1.54) is 0 Å². The summed E-state index contributed by atoms with van der Waals surface area (Å²) >= 11 is 5.89. The summed E-state index contributed by atoms with van der Waals surface area (Å²) in [6.45, 7) is 2.68. The minimum absolute atomic E-state index is 0.0287. The molecule has 1 aromatic carbocycles. The van der Waals surface area contributed by atoms with Crippen molar-refractivity contribution in [3.63, 3.8) is 0 Å². The monoisotopic (exact) mass is 377 g/mol. The van der Waals surface area contributed by atoms with Gasteiger partial charge in [0.15, 0.2) is 0 Å². The molecular formula is C16H19ClF3N3O2. The number of amides is 2. The van der Waals surface area contributed by atoms with Crippen LogP contribution in [-0.4, -0.2) is 35.8 Å². The fourth-order valence-corrected chi connectivity index (χ4v) is 2.94. The van der Waals surface area contributed by atoms with Crippen molar-refractivity contribution in [3.05, 3.63) is 28.8 Å². The van der Waals surface area contributed by atoms with Gasteiger partial charge in [-0.1, -0.05) is 11.6 Å². The highest BCUT2D eigenvalue weighted by molar-refractivity contribution is 6.33. The number of rotatable bonds is 4. The molecule has 0 unspecified atom stereocenters. The maximum Gasteiger partial charge on any atom is 0.416 e. The number of carbonyl (C=O) groups excluding carboxylic acids is 2. The summed E-state index contributed by atoms with van der Waals surface area (Å²) in [7, 11) is 0. The molecule has 5 nitrogen and oxygen atoms in total. The van der Waals surface area contributed by atoms with Gasteiger partial charge >= 0.3 is 6.18 Å². The van der Waals surface area contributed by atoms with Crippen molar-refractivity contribution >= 4 is 29.1 Å². The Hall–Kier alpha value is -1.80. The molecular weight excluding hydrogens is 359 g/mol. The van der Waals surface area contributed by atoms with E-state index in [-0.39, 0.29) is 22.5 Å². The number of benzene rings is 1. The van der Waals surface area contributed by atoms with Crippen molar-refractivity contribution in [2.45, 2.75) is 32.0 Å². The normalized spacial score (nSPS) is 18.0. The molecule has 0 bridgehead atoms. The van der Waals surface area contributed by atoms with E-state index in [2.05, 4.69) is 5.32 Å². The van der Waals surface area contributed by atoms with Gasteiger partial charge in [-0.25, -0.2) is 0 Å². The van der Waals surface area contributed by atoms with Gasteiger partial charge < -0.3 is 11.1 Å². The number of nitrogens with one attached hydrogen (secondary N) is 1. The Kier molecular flexibility index (Phi) is 5.95. The predicted molar refractivity (Wildman–Crippen MR) is 88.0 cm³/mol. The van der Waals surface area contributed by atoms with Crippen LogP contribution in [0.4, 0.5) is 18.9 Å². The molecule has 9 heteroatoms. The third-order valence-electron chi connectivity index (χ3n) is 4.41. The molecule has 1 fully saturated rings. The molecule has 1 heterocycles. The van der Waals surface area contributed by atoms with E-state index in [1.807, 2.05) is 4.90 Å². The summed E-state index contributed by atoms with van der Waals surface area (Å²) in [5, 5.41) is 2.48. The van der Waals surface area contributed by atoms with Gasteiger partial charge in [0, 0.05) is 5.92 Å². The summed E-state index contributed by atoms with van der Waals surface area (Å²) in [4.78, 5) is 25.4. The average molecular weight is 378 g/mol. The molecule has 1 atom stereocenters. The lowest BCUT2D eigenvalue weighted by molar-refractivity contribution is -0.137. The van der Waals surface area contributed by atoms with Gasteiger partial charge in [-0.2, -0.15) is 13.2 Å². The number of hydrogen-bond acceptors (Lipinski definition) is 3. The average Bonchev–Trinajstić information content (AvgIpc) is 2.55. The highest BCUT2D eigenvalue weighted by Gasteiger charge is 2.32. The maximum atomic E-state index is 12.8. The summed E-state index contributed by atoms with van der Waals surface area (Å²) < 4.78 is 38.4. The van der Waals surface area contributed by atoms with E-state index >= 15 is 0 Å². The number of anilines is 1. The van der Waals surface area contributed by atoms with Gasteiger partial charge in [0.25, 0.3) is 0 Å². The number of alkyl halides is 3. The minimum atomic E-state index is -4.52. The van der Waals surface area contributed by atoms with E-state index in [4.69, 9.17) is 17.3 Å². The lowest BCUT2D eigenvalue weighted by Crippen LogP contribution is -2.47. The van der Waals surface area contributed by atoms with Gasteiger partial charge in [0.1, 0.15) is 0 Å². The number of carbonyl (C=O) groups is 2. The highest BCUT2D eigenvalue weighted by atomic mass is 35.5. The van der Waals surface area contributed by atoms with Crippen LogP contribution in [-0.2, 0) is 15.8 Å². The molecule has 138 valence electrons. The molecule has 1 aliphatic heterocycles. The van der Waals surface area contributed by atoms with Crippen LogP contribution in [0.2, 0.25) is 5.02 Å². The van der Waals surface area contributed by atoms with Crippen LogP contribution >= 0.6 is 11.6 Å². The third-order valence-corrected chi connectivity index (χ3v) is 4.74. The fourth-order valence-electron chi connectivity index (χ4n) is 2.77. The Morgan fingerprint density at radius 2 is 1.92 bits per heavy atom. The van der Waals surface area contributed by atoms with Crippen LogP contribution in [0.25, 0.3) is 0 Å². The molecule has 2 amide bonds. The van der Waals surface area contributed by atoms with E-state index < -0.39 is 23.7 Å². The topological polar surface area (TPSA) is 75.4 Å². The zero-order valence-electron chi connectivity index (χ0n) is 13.6. The second kappa shape index (κ2) is 7.61. The van der Waals surface area contributed by atoms with Crippen LogP contribution in [0, 0.1) is 5.92 Å². The van der Waals surface area contributed by atoms with Gasteiger partial charge in [-0.3, -0.25) is 14.5 Å². The molecule has 3 N–H and O–H groups in total. The summed E-state index contributed by atoms with van der Waals surface area (Å²) in [5.41, 5.74) is 4.30. The smallest absolute Gasteiger partial charge is 0.369 e. The summed E-state index contributed by atoms with van der Waals surface area (Å²) in [6.07, 6.45) is -3.42. The fraction of sp³-hybridized carbons (Fsp3) is 0.500. The molecule has 2 rings (SSSR count). The number of piperidine rings is 1. The first-order valence-corrected chi connectivity index (χ1v) is 8.18. The van der Waals surface area contributed by atoms with E-state index in [0.717, 1.165) is 18.2 Å². The van der Waals surface area contributed by atoms with Crippen molar-refractivity contribution in [1.82, 2.24) is 4.90 Å². The Bertz CT molecular complexity index is 659. The molecule has 0 aromatic heterocycles. The third kappa shape index (κ3) is 4.85. The van der Waals surface area contributed by atoms with E-state index in [9.17, 15) is 22.8 Å². The van der Waals surface area contributed by atoms with Crippen LogP contribution in [0.5, 0.6) is 0 Å². The number of likely N-dealkylation sites (tertiary alicyclic amines) is 1. The molecule has 1 saturated heterocycles. The zero-order chi connectivity index (χ0) is 18.8. The van der Waals surface area contributed by atoms with Crippen molar-refractivity contribution in [3.8, 4) is 0 Å². The van der Waals surface area contributed by atoms with Gasteiger partial charge in [0.05, 0.1) is 22.3 Å². The van der Waals surface area contributed by atoms with Crippen LogP contribution < -0.4 is 11.1 Å². The number of nitrogens with zero attached hydrogens (tertiary/aromatic N) is 1. The molecule has 0 saturated carbocycles. The standard InChI is InChI=1S/C16H19ClF3N3O2/c1-9(23-6-4-10(5-7-23)14(21)24)15(25)22-13-8-11(16(18,19)20)2-3-12(13)17/h2-3,8-10H,4-7H2,1H3,(H2,21,24)(H,22,25)/t9-/m1/s1. The van der Waals surface area contributed by atoms with Gasteiger partial charge in [-0.05, 0) is 51.1 Å². The first kappa shape index (κ1) is 19.5. The Morgan fingerprint density at radius 1 is 1.32 bits per heavy atom. The molecule has 1 aliphatic rings. The van der Waals surface area contributed by atoms with Crippen molar-refractivity contribution < 1.29 is 22.8 Å². The number of nitrogens with two attached hydrogens (primary N) is 1. The van der Waals surface area contributed by atoms with Crippen molar-refractivity contribution in [2.75, 3.05) is 18.4 Å². The van der Waals surface area contributed by atoms with Crippen LogP contribution in [0.1, 0.15) is 25.3 Å². The predicted octanol–water partition coefficient (Wildman–Crippen LogP) is 2.88. The lowest BCUT2D eigenvalue weighted by Gasteiger charge is -2.34. The number of primary amides is 1. The first-order valence-electron chi connectivity index (χ1n) is 7.80. The lowest BCUT2D eigenvalue weighted by atomic mass is 9.95.